The molecule has 1 aliphatic rings. The number of aromatic nitrogens is 4. The van der Waals surface area contributed by atoms with Crippen LogP contribution >= 0.6 is 12.2 Å². The fourth-order valence-corrected chi connectivity index (χ4v) is 5.02. The van der Waals surface area contributed by atoms with E-state index in [1.165, 1.54) is 16.7 Å². The largest absolute Gasteiger partial charge is 0.290 e. The van der Waals surface area contributed by atoms with Gasteiger partial charge in [0.1, 0.15) is 0 Å². The summed E-state index contributed by atoms with van der Waals surface area (Å²) in [6.07, 6.45) is 0. The maximum Gasteiger partial charge on any atom is 0.221 e. The van der Waals surface area contributed by atoms with Crippen molar-refractivity contribution in [3.63, 3.8) is 0 Å². The molecule has 0 N–H and O–H groups in total. The molecule has 0 bridgehead atoms. The zero-order valence-corrected chi connectivity index (χ0v) is 20.5. The fourth-order valence-electron chi connectivity index (χ4n) is 4.79. The lowest BCUT2D eigenvalue weighted by molar-refractivity contribution is 0.0839. The molecule has 0 atom stereocenters. The number of benzene rings is 3. The van der Waals surface area contributed by atoms with Gasteiger partial charge in [0, 0.05) is 26.2 Å². The van der Waals surface area contributed by atoms with Crippen molar-refractivity contribution in [2.75, 3.05) is 26.2 Å². The van der Waals surface area contributed by atoms with Gasteiger partial charge in [0.2, 0.25) is 4.77 Å². The smallest absolute Gasteiger partial charge is 0.221 e. The average Bonchev–Trinajstić information content (AvgIpc) is 3.21. The highest BCUT2D eigenvalue weighted by molar-refractivity contribution is 7.71. The molecule has 174 valence electrons. The lowest BCUT2D eigenvalue weighted by atomic mass is 9.96. The van der Waals surface area contributed by atoms with Crippen LogP contribution in [0.2, 0.25) is 0 Å². The Hall–Kier alpha value is -3.13. The summed E-state index contributed by atoms with van der Waals surface area (Å²) in [7, 11) is 0. The molecule has 0 spiro atoms. The standard InChI is InChI=1S/C27H30N6S/c1-21-13-14-25(22(2)19-21)33-27(34)32(28-29-33)20-30-15-17-31(18-16-30)26(23-9-5-3-6-10-23)24-11-7-4-8-12-24/h3-14,19,26H,15-18,20H2,1-2H3. The third-order valence-corrected chi connectivity index (χ3v) is 6.94. The molecule has 2 heterocycles. The number of tetrazole rings is 1. The second-order valence-corrected chi connectivity index (χ2v) is 9.35. The van der Waals surface area contributed by atoms with Crippen molar-refractivity contribution in [2.24, 2.45) is 0 Å². The molecule has 0 amide bonds. The Balaban J connectivity index is 1.29. The molecule has 1 aromatic heterocycles. The Morgan fingerprint density at radius 1 is 0.794 bits per heavy atom. The van der Waals surface area contributed by atoms with Crippen LogP contribution in [-0.2, 0) is 6.67 Å². The Labute approximate surface area is 206 Å². The van der Waals surface area contributed by atoms with Crippen molar-refractivity contribution in [3.05, 3.63) is 106 Å². The minimum absolute atomic E-state index is 0.261. The molecule has 1 saturated heterocycles. The van der Waals surface area contributed by atoms with Crippen LogP contribution in [0, 0.1) is 18.6 Å². The van der Waals surface area contributed by atoms with Crippen molar-refractivity contribution in [1.82, 2.24) is 29.6 Å². The molecule has 6 nitrogen and oxygen atoms in total. The Morgan fingerprint density at radius 3 is 2.00 bits per heavy atom. The van der Waals surface area contributed by atoms with Gasteiger partial charge in [-0.15, -0.1) is 0 Å². The predicted octanol–water partition coefficient (Wildman–Crippen LogP) is 4.78. The molecule has 0 aliphatic carbocycles. The van der Waals surface area contributed by atoms with Gasteiger partial charge in [-0.1, -0.05) is 78.4 Å². The van der Waals surface area contributed by atoms with Crippen molar-refractivity contribution < 1.29 is 0 Å². The minimum atomic E-state index is 0.261. The van der Waals surface area contributed by atoms with E-state index < -0.39 is 0 Å². The first-order valence-electron chi connectivity index (χ1n) is 11.8. The molecule has 4 aromatic rings. The second kappa shape index (κ2) is 10.0. The summed E-state index contributed by atoms with van der Waals surface area (Å²) < 4.78 is 4.22. The minimum Gasteiger partial charge on any atom is -0.290 e. The van der Waals surface area contributed by atoms with E-state index in [2.05, 4.69) is 113 Å². The highest BCUT2D eigenvalue weighted by atomic mass is 32.1. The van der Waals surface area contributed by atoms with Crippen molar-refractivity contribution in [3.8, 4) is 5.69 Å². The Bertz CT molecular complexity index is 1250. The molecule has 0 unspecified atom stereocenters. The van der Waals surface area contributed by atoms with Gasteiger partial charge in [0.25, 0.3) is 0 Å². The second-order valence-electron chi connectivity index (χ2n) is 8.98. The normalized spacial score (nSPS) is 15.1. The van der Waals surface area contributed by atoms with Gasteiger partial charge in [-0.2, -0.15) is 4.68 Å². The van der Waals surface area contributed by atoms with Gasteiger partial charge in [0.15, 0.2) is 0 Å². The number of aryl methyl sites for hydroxylation is 2. The first-order chi connectivity index (χ1) is 16.6. The van der Waals surface area contributed by atoms with Gasteiger partial charge in [-0.25, -0.2) is 4.68 Å². The van der Waals surface area contributed by atoms with Crippen LogP contribution in [0.25, 0.3) is 5.69 Å². The van der Waals surface area contributed by atoms with E-state index >= 15 is 0 Å². The van der Waals surface area contributed by atoms with E-state index in [-0.39, 0.29) is 6.04 Å². The van der Waals surface area contributed by atoms with Crippen LogP contribution in [-0.4, -0.2) is 55.8 Å². The Morgan fingerprint density at radius 2 is 1.41 bits per heavy atom. The fraction of sp³-hybridized carbons (Fsp3) is 0.296. The van der Waals surface area contributed by atoms with E-state index in [9.17, 15) is 0 Å². The van der Waals surface area contributed by atoms with Crippen LogP contribution in [0.15, 0.2) is 78.9 Å². The molecule has 5 rings (SSSR count). The molecule has 1 aliphatic heterocycles. The van der Waals surface area contributed by atoms with Crippen molar-refractivity contribution in [1.29, 1.82) is 0 Å². The quantitative estimate of drug-likeness (QED) is 0.380. The predicted molar refractivity (Wildman–Crippen MR) is 138 cm³/mol. The Kier molecular flexibility index (Phi) is 6.67. The third-order valence-electron chi connectivity index (χ3n) is 6.56. The van der Waals surface area contributed by atoms with Crippen LogP contribution in [0.3, 0.4) is 0 Å². The van der Waals surface area contributed by atoms with E-state index in [4.69, 9.17) is 12.2 Å². The van der Waals surface area contributed by atoms with Gasteiger partial charge >= 0.3 is 0 Å². The molecule has 0 saturated carbocycles. The molecule has 1 fully saturated rings. The van der Waals surface area contributed by atoms with Crippen molar-refractivity contribution >= 4 is 12.2 Å². The summed E-state index contributed by atoms with van der Waals surface area (Å²) in [6.45, 7) is 8.69. The molecular formula is C27H30N6S. The first kappa shape index (κ1) is 22.7. The highest BCUT2D eigenvalue weighted by Gasteiger charge is 2.26. The molecule has 34 heavy (non-hydrogen) atoms. The lowest BCUT2D eigenvalue weighted by Crippen LogP contribution is -2.48. The van der Waals surface area contributed by atoms with Crippen LogP contribution in [0.5, 0.6) is 0 Å². The van der Waals surface area contributed by atoms with E-state index in [1.54, 1.807) is 4.68 Å². The molecule has 7 heteroatoms. The summed E-state index contributed by atoms with van der Waals surface area (Å²) in [4.78, 5) is 4.98. The van der Waals surface area contributed by atoms with Crippen molar-refractivity contribution in [2.45, 2.75) is 26.6 Å². The summed E-state index contributed by atoms with van der Waals surface area (Å²) in [5.41, 5.74) is 6.02. The zero-order chi connectivity index (χ0) is 23.5. The zero-order valence-electron chi connectivity index (χ0n) is 19.7. The van der Waals surface area contributed by atoms with Crippen LogP contribution < -0.4 is 0 Å². The van der Waals surface area contributed by atoms with Gasteiger partial charge in [-0.05, 0) is 59.2 Å². The van der Waals surface area contributed by atoms with Gasteiger partial charge < -0.3 is 0 Å². The number of hydrogen-bond donors (Lipinski definition) is 0. The maximum absolute atomic E-state index is 5.72. The van der Waals surface area contributed by atoms with E-state index in [0.29, 0.717) is 11.4 Å². The lowest BCUT2D eigenvalue weighted by Gasteiger charge is -2.39. The summed E-state index contributed by atoms with van der Waals surface area (Å²) in [6, 6.07) is 28.1. The monoisotopic (exact) mass is 470 g/mol. The summed E-state index contributed by atoms with van der Waals surface area (Å²) >= 11 is 5.72. The molecular weight excluding hydrogens is 440 g/mol. The number of nitrogens with zero attached hydrogens (tertiary/aromatic N) is 6. The first-order valence-corrected chi connectivity index (χ1v) is 12.2. The van der Waals surface area contributed by atoms with Crippen LogP contribution in [0.1, 0.15) is 28.3 Å². The molecule has 0 radical (unpaired) electrons. The van der Waals surface area contributed by atoms with Gasteiger partial charge in [-0.3, -0.25) is 9.80 Å². The number of hydrogen-bond acceptors (Lipinski definition) is 5. The van der Waals surface area contributed by atoms with E-state index in [1.807, 2.05) is 4.68 Å². The third kappa shape index (κ3) is 4.73. The SMILES string of the molecule is Cc1ccc(-n2nnn(CN3CCN(C(c4ccccc4)c4ccccc4)CC3)c2=S)c(C)c1. The maximum atomic E-state index is 5.72. The molecule has 3 aromatic carbocycles. The number of piperazine rings is 1. The van der Waals surface area contributed by atoms with Gasteiger partial charge in [0.05, 0.1) is 18.4 Å². The van der Waals surface area contributed by atoms with Crippen LogP contribution in [0.4, 0.5) is 0 Å². The summed E-state index contributed by atoms with van der Waals surface area (Å²) in [5, 5.41) is 8.72. The average molecular weight is 471 g/mol. The topological polar surface area (TPSA) is 42.1 Å². The summed E-state index contributed by atoms with van der Waals surface area (Å²) in [5.74, 6) is 0. The number of rotatable bonds is 6. The highest BCUT2D eigenvalue weighted by Crippen LogP contribution is 2.29. The van der Waals surface area contributed by atoms with E-state index in [0.717, 1.165) is 37.4 Å².